The standard InChI is InChI=1S/C26H25Cl2IN7O2P/c1-15(23-19(27)13-30-14-20(23)28)38-17-2-3-21-18(10-17)24(34-36(21)39-29)16-11-31-25(32-12-16)35-8-6-26(7-9-35)5-4-22(37)33-26/h2-3,10-15,39H,4-9H2,1H3,(H,33,37)/t15-/m1/s1. The molecule has 202 valence electrons. The molecule has 9 nitrogen and oxygen atoms in total. The molecule has 5 heterocycles. The van der Waals surface area contributed by atoms with Crippen molar-refractivity contribution in [2.24, 2.45) is 0 Å². The monoisotopic (exact) mass is 695 g/mol. The molecule has 1 amide bonds. The van der Waals surface area contributed by atoms with Gasteiger partial charge >= 0.3 is 0 Å². The average molecular weight is 696 g/mol. The number of piperidine rings is 1. The Morgan fingerprint density at radius 1 is 1.10 bits per heavy atom. The highest BCUT2D eigenvalue weighted by molar-refractivity contribution is 14.2. The summed E-state index contributed by atoms with van der Waals surface area (Å²) in [7, 11) is 0. The van der Waals surface area contributed by atoms with E-state index in [0.717, 1.165) is 54.5 Å². The zero-order chi connectivity index (χ0) is 27.1. The van der Waals surface area contributed by atoms with Gasteiger partial charge in [0.25, 0.3) is 0 Å². The van der Waals surface area contributed by atoms with E-state index >= 15 is 0 Å². The van der Waals surface area contributed by atoms with Gasteiger partial charge in [-0.15, -0.1) is 0 Å². The summed E-state index contributed by atoms with van der Waals surface area (Å²) < 4.78 is 8.23. The Bertz CT molecular complexity index is 1520. The number of fused-ring (bicyclic) bond motifs is 1. The van der Waals surface area contributed by atoms with Gasteiger partial charge in [-0.05, 0) is 66.4 Å². The van der Waals surface area contributed by atoms with Gasteiger partial charge in [0.2, 0.25) is 11.9 Å². The van der Waals surface area contributed by atoms with E-state index in [1.165, 1.54) is 0 Å². The number of amides is 1. The van der Waals surface area contributed by atoms with Crippen LogP contribution in [0.1, 0.15) is 44.3 Å². The van der Waals surface area contributed by atoms with Crippen LogP contribution in [0, 0.1) is 0 Å². The van der Waals surface area contributed by atoms with Gasteiger partial charge in [0.1, 0.15) is 17.5 Å². The fourth-order valence-corrected chi connectivity index (χ4v) is 7.61. The Balaban J connectivity index is 1.24. The van der Waals surface area contributed by atoms with Crippen molar-refractivity contribution < 1.29 is 9.53 Å². The molecule has 4 aromatic rings. The first-order valence-corrected chi connectivity index (χ1v) is 17.4. The summed E-state index contributed by atoms with van der Waals surface area (Å²) in [5.74, 6) is 1.53. The average Bonchev–Trinajstić information content (AvgIpc) is 3.48. The number of hydrogen-bond acceptors (Lipinski definition) is 7. The van der Waals surface area contributed by atoms with Crippen molar-refractivity contribution >= 4 is 74.4 Å². The summed E-state index contributed by atoms with van der Waals surface area (Å²) in [6.07, 6.45) is 10.2. The second-order valence-electron chi connectivity index (χ2n) is 9.89. The Hall–Kier alpha value is -2.27. The maximum Gasteiger partial charge on any atom is 0.225 e. The zero-order valence-corrected chi connectivity index (χ0v) is 25.7. The number of halogens is 3. The molecule has 2 saturated heterocycles. The second kappa shape index (κ2) is 11.0. The minimum absolute atomic E-state index is 0.0508. The number of aromatic nitrogens is 5. The minimum Gasteiger partial charge on any atom is -0.486 e. The van der Waals surface area contributed by atoms with Crippen LogP contribution in [0.2, 0.25) is 10.0 Å². The van der Waals surface area contributed by atoms with Crippen molar-refractivity contribution in [1.82, 2.24) is 29.8 Å². The fraction of sp³-hybridized carbons (Fsp3) is 0.346. The molecular weight excluding hydrogens is 671 g/mol. The summed E-state index contributed by atoms with van der Waals surface area (Å²) >= 11 is 15.0. The number of nitrogens with zero attached hydrogens (tertiary/aromatic N) is 6. The maximum atomic E-state index is 11.7. The van der Waals surface area contributed by atoms with E-state index in [9.17, 15) is 4.79 Å². The molecule has 2 aliphatic rings. The predicted molar refractivity (Wildman–Crippen MR) is 163 cm³/mol. The molecule has 0 aliphatic carbocycles. The molecule has 2 atom stereocenters. The van der Waals surface area contributed by atoms with Gasteiger partial charge < -0.3 is 15.0 Å². The third-order valence-electron chi connectivity index (χ3n) is 7.49. The molecule has 0 radical (unpaired) electrons. The van der Waals surface area contributed by atoms with Gasteiger partial charge in [-0.1, -0.05) is 23.2 Å². The molecule has 6 rings (SSSR count). The summed E-state index contributed by atoms with van der Waals surface area (Å²) in [4.78, 5) is 27.3. The molecule has 0 saturated carbocycles. The van der Waals surface area contributed by atoms with E-state index in [4.69, 9.17) is 43.0 Å². The largest absolute Gasteiger partial charge is 0.486 e. The number of benzene rings is 1. The van der Waals surface area contributed by atoms with E-state index in [-0.39, 0.29) is 17.6 Å². The number of rotatable bonds is 6. The van der Waals surface area contributed by atoms with Crippen molar-refractivity contribution in [3.05, 3.63) is 58.6 Å². The fourth-order valence-electron chi connectivity index (χ4n) is 5.41. The summed E-state index contributed by atoms with van der Waals surface area (Å²) in [6.45, 7) is 3.54. The van der Waals surface area contributed by atoms with Gasteiger partial charge in [0.15, 0.2) is 0 Å². The lowest BCUT2D eigenvalue weighted by molar-refractivity contribution is -0.119. The number of carbonyl (C=O) groups is 1. The first kappa shape index (κ1) is 26.9. The smallest absolute Gasteiger partial charge is 0.225 e. The van der Waals surface area contributed by atoms with E-state index in [2.05, 4.69) is 37.2 Å². The molecule has 3 aromatic heterocycles. The van der Waals surface area contributed by atoms with Crippen LogP contribution in [-0.4, -0.2) is 49.0 Å². The molecule has 1 N–H and O–H groups in total. The Labute approximate surface area is 250 Å². The molecule has 39 heavy (non-hydrogen) atoms. The van der Waals surface area contributed by atoms with Crippen molar-refractivity contribution in [2.75, 3.05) is 18.0 Å². The van der Waals surface area contributed by atoms with Gasteiger partial charge in [-0.25, -0.2) is 14.4 Å². The van der Waals surface area contributed by atoms with Crippen LogP contribution >= 0.6 is 51.6 Å². The summed E-state index contributed by atoms with van der Waals surface area (Å²) in [5, 5.41) is 9.92. The summed E-state index contributed by atoms with van der Waals surface area (Å²) in [5.41, 5.74) is 3.28. The Kier molecular flexibility index (Phi) is 7.56. The highest BCUT2D eigenvalue weighted by atomic mass is 127. The van der Waals surface area contributed by atoms with Crippen molar-refractivity contribution in [3.8, 4) is 17.0 Å². The van der Waals surface area contributed by atoms with E-state index in [1.54, 1.807) is 12.4 Å². The highest BCUT2D eigenvalue weighted by Crippen LogP contribution is 2.39. The summed E-state index contributed by atoms with van der Waals surface area (Å²) in [6, 6.07) is 5.92. The number of nitrogens with one attached hydrogen (secondary N) is 1. The third-order valence-corrected chi connectivity index (χ3v) is 9.97. The molecule has 0 bridgehead atoms. The third kappa shape index (κ3) is 5.28. The van der Waals surface area contributed by atoms with Gasteiger partial charge in [-0.3, -0.25) is 9.78 Å². The SMILES string of the molecule is C[C@@H](Oc1ccc2c(c1)c(-c1cnc(N3CCC4(CCC(=O)N4)CC3)nc1)nn2PI)c1c(Cl)cncc1Cl. The lowest BCUT2D eigenvalue weighted by Crippen LogP contribution is -2.51. The van der Waals surface area contributed by atoms with Crippen LogP contribution in [-0.2, 0) is 4.79 Å². The molecule has 13 heteroatoms. The van der Waals surface area contributed by atoms with E-state index in [1.807, 2.05) is 42.0 Å². The first-order valence-electron chi connectivity index (χ1n) is 12.6. The minimum atomic E-state index is -0.376. The number of hydrogen-bond donors (Lipinski definition) is 1. The quantitative estimate of drug-likeness (QED) is 0.185. The van der Waals surface area contributed by atoms with Gasteiger partial charge in [0, 0.05) is 66.3 Å². The molecule has 1 aromatic carbocycles. The molecule has 1 spiro atoms. The topological polar surface area (TPSA) is 98.1 Å². The first-order chi connectivity index (χ1) is 18.9. The predicted octanol–water partition coefficient (Wildman–Crippen LogP) is 6.38. The molecule has 1 unspecified atom stereocenters. The van der Waals surface area contributed by atoms with Crippen LogP contribution in [0.15, 0.2) is 43.0 Å². The molecular formula is C26H25Cl2IN7O2P. The molecule has 2 fully saturated rings. The lowest BCUT2D eigenvalue weighted by Gasteiger charge is -2.39. The lowest BCUT2D eigenvalue weighted by atomic mass is 9.86. The van der Waals surface area contributed by atoms with Gasteiger partial charge in [0.05, 0.1) is 21.9 Å². The van der Waals surface area contributed by atoms with E-state index in [0.29, 0.717) is 40.1 Å². The van der Waals surface area contributed by atoms with Crippen LogP contribution in [0.25, 0.3) is 22.2 Å². The normalized spacial score (nSPS) is 17.8. The number of carbonyl (C=O) groups excluding carboxylic acids is 1. The second-order valence-corrected chi connectivity index (χ2v) is 12.7. The van der Waals surface area contributed by atoms with E-state index < -0.39 is 0 Å². The van der Waals surface area contributed by atoms with Crippen LogP contribution in [0.4, 0.5) is 5.95 Å². The van der Waals surface area contributed by atoms with Crippen molar-refractivity contribution in [1.29, 1.82) is 0 Å². The maximum absolute atomic E-state index is 11.7. The van der Waals surface area contributed by atoms with Crippen LogP contribution in [0.5, 0.6) is 5.75 Å². The van der Waals surface area contributed by atoms with Crippen LogP contribution < -0.4 is 15.0 Å². The Morgan fingerprint density at radius 3 is 2.46 bits per heavy atom. The number of pyridine rings is 1. The van der Waals surface area contributed by atoms with Crippen LogP contribution in [0.3, 0.4) is 0 Å². The van der Waals surface area contributed by atoms with Crippen molar-refractivity contribution in [2.45, 2.75) is 44.2 Å². The van der Waals surface area contributed by atoms with Crippen molar-refractivity contribution in [3.63, 3.8) is 0 Å². The molecule has 2 aliphatic heterocycles. The van der Waals surface area contributed by atoms with Gasteiger partial charge in [-0.2, -0.15) is 5.10 Å². The highest BCUT2D eigenvalue weighted by Gasteiger charge is 2.40. The zero-order valence-electron chi connectivity index (χ0n) is 21.0. The number of ether oxygens (including phenoxy) is 1. The number of anilines is 1. The Morgan fingerprint density at radius 2 is 1.82 bits per heavy atom.